The van der Waals surface area contributed by atoms with E-state index < -0.39 is 0 Å². The molecule has 4 nitrogen and oxygen atoms in total. The van der Waals surface area contributed by atoms with Gasteiger partial charge in [-0.15, -0.1) is 12.4 Å². The van der Waals surface area contributed by atoms with Gasteiger partial charge in [0, 0.05) is 24.9 Å². The van der Waals surface area contributed by atoms with Crippen molar-refractivity contribution in [3.63, 3.8) is 0 Å². The predicted molar refractivity (Wildman–Crippen MR) is 86.4 cm³/mol. The maximum atomic E-state index is 12.4. The van der Waals surface area contributed by atoms with Crippen molar-refractivity contribution in [1.82, 2.24) is 10.6 Å². The number of amides is 1. The number of hydrogen-bond acceptors (Lipinski definition) is 3. The number of fused-ring (bicyclic) bond motifs is 3. The Morgan fingerprint density at radius 3 is 2.68 bits per heavy atom. The third-order valence-corrected chi connectivity index (χ3v) is 4.67. The number of hydrogen-bond donors (Lipinski definition) is 2. The highest BCUT2D eigenvalue weighted by atomic mass is 35.5. The maximum absolute atomic E-state index is 12.4. The zero-order chi connectivity index (χ0) is 14.4. The van der Waals surface area contributed by atoms with Gasteiger partial charge in [-0.3, -0.25) is 4.79 Å². The van der Waals surface area contributed by atoms with Crippen LogP contribution in [0.4, 0.5) is 0 Å². The van der Waals surface area contributed by atoms with Crippen LogP contribution in [0.2, 0.25) is 0 Å². The second-order valence-corrected chi connectivity index (χ2v) is 5.92. The van der Waals surface area contributed by atoms with Gasteiger partial charge in [0.25, 0.3) is 5.91 Å². The monoisotopic (exact) mass is 318 g/mol. The van der Waals surface area contributed by atoms with Gasteiger partial charge in [0.15, 0.2) is 5.76 Å². The van der Waals surface area contributed by atoms with Crippen molar-refractivity contribution >= 4 is 18.3 Å². The molecule has 1 aliphatic heterocycles. The lowest BCUT2D eigenvalue weighted by atomic mass is 9.94. The summed E-state index contributed by atoms with van der Waals surface area (Å²) in [6.07, 6.45) is 0. The molecule has 2 aliphatic rings. The quantitative estimate of drug-likeness (QED) is 0.895. The van der Waals surface area contributed by atoms with Crippen LogP contribution < -0.4 is 10.6 Å². The Balaban J connectivity index is 0.00000144. The molecule has 0 spiro atoms. The molecule has 1 aromatic heterocycles. The summed E-state index contributed by atoms with van der Waals surface area (Å²) in [5.41, 5.74) is 2.62. The van der Waals surface area contributed by atoms with E-state index in [1.165, 1.54) is 11.1 Å². The highest BCUT2D eigenvalue weighted by Crippen LogP contribution is 2.46. The third kappa shape index (κ3) is 2.32. The van der Waals surface area contributed by atoms with Crippen LogP contribution >= 0.6 is 12.4 Å². The van der Waals surface area contributed by atoms with Crippen molar-refractivity contribution in [2.24, 2.45) is 5.92 Å². The molecular weight excluding hydrogens is 300 g/mol. The lowest BCUT2D eigenvalue weighted by Gasteiger charge is -2.20. The van der Waals surface area contributed by atoms with Crippen molar-refractivity contribution in [3.05, 3.63) is 59.0 Å². The number of carbonyl (C=O) groups excluding carboxylic acids is 1. The fraction of sp³-hybridized carbons (Fsp3) is 0.353. The minimum Gasteiger partial charge on any atom is -0.456 e. The van der Waals surface area contributed by atoms with Gasteiger partial charge in [0.1, 0.15) is 5.76 Å². The van der Waals surface area contributed by atoms with E-state index >= 15 is 0 Å². The van der Waals surface area contributed by atoms with Gasteiger partial charge in [-0.05, 0) is 30.2 Å². The molecule has 116 valence electrons. The second-order valence-electron chi connectivity index (χ2n) is 5.92. The number of benzene rings is 1. The van der Waals surface area contributed by atoms with Gasteiger partial charge >= 0.3 is 0 Å². The van der Waals surface area contributed by atoms with Crippen LogP contribution in [0.15, 0.2) is 40.8 Å². The molecule has 3 atom stereocenters. The van der Waals surface area contributed by atoms with Crippen LogP contribution in [0, 0.1) is 12.8 Å². The van der Waals surface area contributed by atoms with Crippen LogP contribution in [0.5, 0.6) is 0 Å². The molecule has 1 aromatic carbocycles. The molecule has 22 heavy (non-hydrogen) atoms. The average molecular weight is 319 g/mol. The first-order chi connectivity index (χ1) is 10.2. The second kappa shape index (κ2) is 5.78. The Morgan fingerprint density at radius 1 is 1.18 bits per heavy atom. The third-order valence-electron chi connectivity index (χ3n) is 4.67. The van der Waals surface area contributed by atoms with Gasteiger partial charge < -0.3 is 15.1 Å². The lowest BCUT2D eigenvalue weighted by molar-refractivity contribution is 0.0896. The van der Waals surface area contributed by atoms with Crippen molar-refractivity contribution in [3.8, 4) is 0 Å². The molecule has 0 bridgehead atoms. The number of rotatable bonds is 2. The van der Waals surface area contributed by atoms with E-state index in [-0.39, 0.29) is 24.4 Å². The fourth-order valence-electron chi connectivity index (χ4n) is 3.71. The van der Waals surface area contributed by atoms with Gasteiger partial charge in [-0.25, -0.2) is 0 Å². The Kier molecular flexibility index (Phi) is 3.98. The van der Waals surface area contributed by atoms with Crippen LogP contribution in [0.3, 0.4) is 0 Å². The standard InChI is InChI=1S/C17H18N2O2.ClH/c1-10-6-7-15(21-10)17(20)19-16-12-5-3-2-4-11(12)13-8-18-9-14(13)16;/h2-7,13-14,16,18H,8-9H2,1H3,(H,19,20);1H/t13-,14-,16+;/m0./s1. The Morgan fingerprint density at radius 2 is 1.95 bits per heavy atom. The van der Waals surface area contributed by atoms with Gasteiger partial charge in [-0.1, -0.05) is 24.3 Å². The van der Waals surface area contributed by atoms with E-state index in [0.717, 1.165) is 18.8 Å². The molecule has 0 unspecified atom stereocenters. The molecule has 0 saturated carbocycles. The number of carbonyl (C=O) groups is 1. The first kappa shape index (κ1) is 15.1. The molecule has 1 aliphatic carbocycles. The van der Waals surface area contributed by atoms with E-state index in [1.807, 2.05) is 19.1 Å². The summed E-state index contributed by atoms with van der Waals surface area (Å²) in [5.74, 6) is 1.95. The molecule has 5 heteroatoms. The molecular formula is C17H19ClN2O2. The topological polar surface area (TPSA) is 54.3 Å². The highest BCUT2D eigenvalue weighted by Gasteiger charge is 2.43. The van der Waals surface area contributed by atoms with Crippen molar-refractivity contribution in [1.29, 1.82) is 0 Å². The summed E-state index contributed by atoms with van der Waals surface area (Å²) >= 11 is 0. The van der Waals surface area contributed by atoms with Gasteiger partial charge in [-0.2, -0.15) is 0 Å². The zero-order valence-corrected chi connectivity index (χ0v) is 13.2. The summed E-state index contributed by atoms with van der Waals surface area (Å²) in [6, 6.07) is 12.1. The molecule has 1 fully saturated rings. The summed E-state index contributed by atoms with van der Waals surface area (Å²) in [7, 11) is 0. The SMILES string of the molecule is Cc1ccc(C(=O)N[C@@H]2c3ccccc3[C@@H]3CNC[C@H]23)o1.Cl. The molecule has 0 radical (unpaired) electrons. The minimum atomic E-state index is -0.129. The van der Waals surface area contributed by atoms with Crippen molar-refractivity contribution in [2.75, 3.05) is 13.1 Å². The van der Waals surface area contributed by atoms with E-state index in [0.29, 0.717) is 17.6 Å². The Hall–Kier alpha value is -1.78. The van der Waals surface area contributed by atoms with Gasteiger partial charge in [0.2, 0.25) is 0 Å². The summed E-state index contributed by atoms with van der Waals surface area (Å²) < 4.78 is 5.43. The van der Waals surface area contributed by atoms with E-state index in [1.54, 1.807) is 6.07 Å². The van der Waals surface area contributed by atoms with E-state index in [2.05, 4.69) is 28.8 Å². The van der Waals surface area contributed by atoms with Gasteiger partial charge in [0.05, 0.1) is 6.04 Å². The molecule has 1 saturated heterocycles. The number of aryl methyl sites for hydroxylation is 1. The predicted octanol–water partition coefficient (Wildman–Crippen LogP) is 2.80. The number of halogens is 1. The lowest BCUT2D eigenvalue weighted by Crippen LogP contribution is -2.32. The van der Waals surface area contributed by atoms with Crippen molar-refractivity contribution in [2.45, 2.75) is 18.9 Å². The smallest absolute Gasteiger partial charge is 0.287 e. The summed E-state index contributed by atoms with van der Waals surface area (Å²) in [6.45, 7) is 3.79. The fourth-order valence-corrected chi connectivity index (χ4v) is 3.71. The highest BCUT2D eigenvalue weighted by molar-refractivity contribution is 5.92. The molecule has 2 N–H and O–H groups in total. The molecule has 1 amide bonds. The first-order valence-corrected chi connectivity index (χ1v) is 7.41. The Labute approximate surface area is 135 Å². The molecule has 2 aromatic rings. The van der Waals surface area contributed by atoms with Crippen LogP contribution in [-0.2, 0) is 0 Å². The first-order valence-electron chi connectivity index (χ1n) is 7.41. The number of nitrogens with one attached hydrogen (secondary N) is 2. The average Bonchev–Trinajstić information content (AvgIpc) is 3.17. The van der Waals surface area contributed by atoms with Crippen molar-refractivity contribution < 1.29 is 9.21 Å². The minimum absolute atomic E-state index is 0. The van der Waals surface area contributed by atoms with Crippen LogP contribution in [0.25, 0.3) is 0 Å². The van der Waals surface area contributed by atoms with Crippen LogP contribution in [0.1, 0.15) is 39.4 Å². The largest absolute Gasteiger partial charge is 0.456 e. The number of furan rings is 1. The maximum Gasteiger partial charge on any atom is 0.287 e. The molecule has 2 heterocycles. The normalized spacial score (nSPS) is 25.2. The summed E-state index contributed by atoms with van der Waals surface area (Å²) in [5, 5.41) is 6.60. The molecule has 4 rings (SSSR count). The Bertz CT molecular complexity index is 697. The zero-order valence-electron chi connectivity index (χ0n) is 12.3. The van der Waals surface area contributed by atoms with E-state index in [9.17, 15) is 4.79 Å². The summed E-state index contributed by atoms with van der Waals surface area (Å²) in [4.78, 5) is 12.4. The van der Waals surface area contributed by atoms with E-state index in [4.69, 9.17) is 4.42 Å². The van der Waals surface area contributed by atoms with Crippen LogP contribution in [-0.4, -0.2) is 19.0 Å².